The standard InChI is InChI=1S/C22H34O5/c1-18(2)13-8-10-22-14(7-9-20(5,16(22)23)17(24)27-22)21(13,6)11-12-15(18)26-19(3,4)25-12/h12-16,23H,7-11H2,1-6H3/t12-,13+,14-,15-,16+,20-,21+,22+/m0/s1. The Kier molecular flexibility index (Phi) is 3.34. The molecule has 2 aliphatic heterocycles. The third kappa shape index (κ3) is 1.99. The van der Waals surface area contributed by atoms with Crippen molar-refractivity contribution in [3.63, 3.8) is 0 Å². The summed E-state index contributed by atoms with van der Waals surface area (Å²) in [6.45, 7) is 12.9. The molecule has 0 amide bonds. The van der Waals surface area contributed by atoms with Crippen LogP contribution in [0, 0.1) is 28.1 Å². The van der Waals surface area contributed by atoms with E-state index < -0.39 is 22.9 Å². The van der Waals surface area contributed by atoms with Crippen LogP contribution in [0.1, 0.15) is 73.6 Å². The summed E-state index contributed by atoms with van der Waals surface area (Å²) in [7, 11) is 0. The molecule has 1 spiro atoms. The minimum Gasteiger partial charge on any atom is -0.455 e. The van der Waals surface area contributed by atoms with Crippen LogP contribution in [-0.4, -0.2) is 40.8 Å². The van der Waals surface area contributed by atoms with Gasteiger partial charge in [-0.2, -0.15) is 0 Å². The number of carbonyl (C=O) groups excluding carboxylic acids is 1. The van der Waals surface area contributed by atoms with Gasteiger partial charge in [0.1, 0.15) is 11.7 Å². The Bertz CT molecular complexity index is 701. The summed E-state index contributed by atoms with van der Waals surface area (Å²) >= 11 is 0. The predicted molar refractivity (Wildman–Crippen MR) is 98.7 cm³/mol. The molecule has 2 saturated heterocycles. The highest BCUT2D eigenvalue weighted by molar-refractivity contribution is 5.81. The molecule has 8 atom stereocenters. The lowest BCUT2D eigenvalue weighted by atomic mass is 9.41. The molecular formula is C22H34O5. The van der Waals surface area contributed by atoms with E-state index in [0.29, 0.717) is 12.3 Å². The highest BCUT2D eigenvalue weighted by atomic mass is 16.8. The van der Waals surface area contributed by atoms with E-state index in [0.717, 1.165) is 25.7 Å². The number of rotatable bonds is 0. The fraction of sp³-hybridized carbons (Fsp3) is 0.955. The number of aliphatic hydroxyl groups is 1. The van der Waals surface area contributed by atoms with Gasteiger partial charge in [0.05, 0.1) is 17.6 Å². The number of esters is 1. The van der Waals surface area contributed by atoms with Gasteiger partial charge in [-0.25, -0.2) is 0 Å². The molecule has 5 nitrogen and oxygen atoms in total. The van der Waals surface area contributed by atoms with Gasteiger partial charge in [0.15, 0.2) is 5.79 Å². The highest BCUT2D eigenvalue weighted by Crippen LogP contribution is 2.70. The number of hydrogen-bond donors (Lipinski definition) is 1. The van der Waals surface area contributed by atoms with Crippen LogP contribution in [0.3, 0.4) is 0 Å². The Hall–Kier alpha value is -0.650. The molecule has 2 bridgehead atoms. The van der Waals surface area contributed by atoms with Crippen LogP contribution in [0.25, 0.3) is 0 Å². The molecule has 3 aliphatic carbocycles. The first-order valence-electron chi connectivity index (χ1n) is 10.6. The monoisotopic (exact) mass is 378 g/mol. The second-order valence-corrected chi connectivity index (χ2v) is 11.5. The summed E-state index contributed by atoms with van der Waals surface area (Å²) in [6.07, 6.45) is 3.69. The largest absolute Gasteiger partial charge is 0.455 e. The topological polar surface area (TPSA) is 65.0 Å². The van der Waals surface area contributed by atoms with E-state index in [2.05, 4.69) is 20.8 Å². The quantitative estimate of drug-likeness (QED) is 0.654. The average molecular weight is 379 g/mol. The lowest BCUT2D eigenvalue weighted by Crippen LogP contribution is -2.68. The number of carbonyl (C=O) groups is 1. The van der Waals surface area contributed by atoms with Crippen LogP contribution in [0.4, 0.5) is 0 Å². The Morgan fingerprint density at radius 1 is 0.963 bits per heavy atom. The van der Waals surface area contributed by atoms with Crippen molar-refractivity contribution in [3.8, 4) is 0 Å². The summed E-state index contributed by atoms with van der Waals surface area (Å²) < 4.78 is 18.8. The van der Waals surface area contributed by atoms with Gasteiger partial charge in [0.2, 0.25) is 0 Å². The minimum atomic E-state index is -0.735. The summed E-state index contributed by atoms with van der Waals surface area (Å²) in [5, 5.41) is 11.2. The van der Waals surface area contributed by atoms with Gasteiger partial charge in [-0.3, -0.25) is 4.79 Å². The van der Waals surface area contributed by atoms with Crippen molar-refractivity contribution >= 4 is 5.97 Å². The van der Waals surface area contributed by atoms with E-state index in [9.17, 15) is 9.90 Å². The molecule has 5 fully saturated rings. The number of fused-ring (bicyclic) bond motifs is 4. The van der Waals surface area contributed by atoms with Crippen LogP contribution in [0.15, 0.2) is 0 Å². The Balaban J connectivity index is 1.58. The van der Waals surface area contributed by atoms with Crippen molar-refractivity contribution in [2.45, 2.75) is 103 Å². The zero-order chi connectivity index (χ0) is 19.6. The first-order valence-corrected chi connectivity index (χ1v) is 10.6. The van der Waals surface area contributed by atoms with Crippen molar-refractivity contribution in [2.75, 3.05) is 0 Å². The molecule has 5 rings (SSSR count). The van der Waals surface area contributed by atoms with Crippen LogP contribution < -0.4 is 0 Å². The lowest BCUT2D eigenvalue weighted by molar-refractivity contribution is -0.238. The van der Waals surface area contributed by atoms with Gasteiger partial charge in [0, 0.05) is 5.92 Å². The molecule has 152 valence electrons. The maximum Gasteiger partial charge on any atom is 0.315 e. The molecule has 5 heteroatoms. The van der Waals surface area contributed by atoms with E-state index in [1.54, 1.807) is 0 Å². The molecule has 3 saturated carbocycles. The second-order valence-electron chi connectivity index (χ2n) is 11.5. The lowest BCUT2D eigenvalue weighted by Gasteiger charge is -2.65. The zero-order valence-corrected chi connectivity index (χ0v) is 17.5. The average Bonchev–Trinajstić information content (AvgIpc) is 2.89. The molecule has 0 radical (unpaired) electrons. The molecule has 2 heterocycles. The Morgan fingerprint density at radius 3 is 2.33 bits per heavy atom. The van der Waals surface area contributed by atoms with Crippen molar-refractivity contribution in [1.29, 1.82) is 0 Å². The zero-order valence-electron chi connectivity index (χ0n) is 17.5. The molecule has 5 aliphatic rings. The van der Waals surface area contributed by atoms with Gasteiger partial charge in [-0.05, 0) is 69.6 Å². The molecule has 0 unspecified atom stereocenters. The first-order chi connectivity index (χ1) is 12.4. The summed E-state index contributed by atoms with van der Waals surface area (Å²) in [5.74, 6) is -0.131. The maximum absolute atomic E-state index is 12.7. The molecule has 0 aromatic carbocycles. The van der Waals surface area contributed by atoms with E-state index in [-0.39, 0.29) is 34.9 Å². The first kappa shape index (κ1) is 18.4. The van der Waals surface area contributed by atoms with Crippen molar-refractivity contribution in [3.05, 3.63) is 0 Å². The molecular weight excluding hydrogens is 344 g/mol. The smallest absolute Gasteiger partial charge is 0.315 e. The third-order valence-electron chi connectivity index (χ3n) is 9.23. The van der Waals surface area contributed by atoms with E-state index in [1.807, 2.05) is 20.8 Å². The van der Waals surface area contributed by atoms with Crippen LogP contribution in [-0.2, 0) is 19.0 Å². The fourth-order valence-electron chi connectivity index (χ4n) is 8.13. The second kappa shape index (κ2) is 4.91. The maximum atomic E-state index is 12.7. The summed E-state index contributed by atoms with van der Waals surface area (Å²) in [6, 6.07) is 0. The van der Waals surface area contributed by atoms with Gasteiger partial charge in [-0.15, -0.1) is 0 Å². The van der Waals surface area contributed by atoms with Gasteiger partial charge < -0.3 is 19.3 Å². The van der Waals surface area contributed by atoms with E-state index in [1.165, 1.54) is 0 Å². The normalized spacial score (nSPS) is 57.4. The fourth-order valence-corrected chi connectivity index (χ4v) is 8.13. The summed E-state index contributed by atoms with van der Waals surface area (Å²) in [4.78, 5) is 12.7. The van der Waals surface area contributed by atoms with Gasteiger partial charge in [0.25, 0.3) is 0 Å². The Morgan fingerprint density at radius 2 is 1.63 bits per heavy atom. The van der Waals surface area contributed by atoms with Crippen molar-refractivity contribution < 1.29 is 24.1 Å². The van der Waals surface area contributed by atoms with Crippen LogP contribution >= 0.6 is 0 Å². The summed E-state index contributed by atoms with van der Waals surface area (Å²) in [5.41, 5.74) is -1.52. The number of hydrogen-bond acceptors (Lipinski definition) is 5. The van der Waals surface area contributed by atoms with Gasteiger partial charge >= 0.3 is 5.97 Å². The number of aliphatic hydroxyl groups excluding tert-OH is 1. The molecule has 0 aromatic heterocycles. The van der Waals surface area contributed by atoms with Crippen molar-refractivity contribution in [2.24, 2.45) is 28.1 Å². The number of ether oxygens (including phenoxy) is 3. The minimum absolute atomic E-state index is 0.0264. The van der Waals surface area contributed by atoms with Crippen molar-refractivity contribution in [1.82, 2.24) is 0 Å². The third-order valence-corrected chi connectivity index (χ3v) is 9.23. The molecule has 1 N–H and O–H groups in total. The SMILES string of the molecule is CC1(C)O[C@H]2C[C@]3(C)[C@H](CC[C@@]45OC(=O)[C@@](C)(CC[C@@H]34)[C@H]5O)C(C)(C)[C@H]2O1. The predicted octanol–water partition coefficient (Wildman–Crippen LogP) is 3.43. The van der Waals surface area contributed by atoms with E-state index >= 15 is 0 Å². The molecule has 27 heavy (non-hydrogen) atoms. The van der Waals surface area contributed by atoms with Crippen LogP contribution in [0.2, 0.25) is 0 Å². The molecule has 0 aromatic rings. The highest BCUT2D eigenvalue weighted by Gasteiger charge is 2.75. The van der Waals surface area contributed by atoms with Gasteiger partial charge in [-0.1, -0.05) is 20.8 Å². The van der Waals surface area contributed by atoms with E-state index in [4.69, 9.17) is 14.2 Å². The van der Waals surface area contributed by atoms with Crippen LogP contribution in [0.5, 0.6) is 0 Å². The Labute approximate surface area is 162 Å².